The van der Waals surface area contributed by atoms with E-state index in [4.69, 9.17) is 10.5 Å². The van der Waals surface area contributed by atoms with E-state index in [1.165, 1.54) is 0 Å². The van der Waals surface area contributed by atoms with Crippen molar-refractivity contribution < 1.29 is 0 Å². The molecule has 0 radical (unpaired) electrons. The first-order valence-corrected chi connectivity index (χ1v) is 3.59. The van der Waals surface area contributed by atoms with Gasteiger partial charge in [-0.05, 0) is 27.7 Å². The van der Waals surface area contributed by atoms with Crippen LogP contribution in [0.4, 0.5) is 0 Å². The van der Waals surface area contributed by atoms with Crippen LogP contribution in [0.25, 0.3) is 0 Å². The predicted octanol–water partition coefficient (Wildman–Crippen LogP) is 2.89. The highest BCUT2D eigenvalue weighted by Gasteiger charge is 2.19. The third kappa shape index (κ3) is 7.79. The van der Waals surface area contributed by atoms with E-state index < -0.39 is 11.1 Å². The fourth-order valence-electron chi connectivity index (χ4n) is 0.295. The van der Waals surface area contributed by atoms with Crippen LogP contribution >= 0.6 is 24.8 Å². The first kappa shape index (κ1) is 18.9. The molecule has 0 bridgehead atoms. The summed E-state index contributed by atoms with van der Waals surface area (Å²) in [6.45, 7) is 6.57. The molecule has 80 valence electrons. The standard InChI is InChI=1S/C8H12N4.2ClH/c1-7(2,5-9)11-12-8(3,4)6-10;;/h1-4H3;2*1H. The molecule has 14 heavy (non-hydrogen) atoms. The summed E-state index contributed by atoms with van der Waals surface area (Å²) in [7, 11) is 0. The van der Waals surface area contributed by atoms with Gasteiger partial charge in [0.2, 0.25) is 0 Å². The summed E-state index contributed by atoms with van der Waals surface area (Å²) >= 11 is 0. The number of nitrogens with zero attached hydrogens (tertiary/aromatic N) is 4. The van der Waals surface area contributed by atoms with Gasteiger partial charge in [-0.1, -0.05) is 0 Å². The molecule has 0 aromatic rings. The molecule has 6 heteroatoms. The highest BCUT2D eigenvalue weighted by Crippen LogP contribution is 2.13. The lowest BCUT2D eigenvalue weighted by Gasteiger charge is -2.11. The molecule has 4 nitrogen and oxygen atoms in total. The van der Waals surface area contributed by atoms with E-state index in [2.05, 4.69) is 10.2 Å². The number of nitriles is 2. The lowest BCUT2D eigenvalue weighted by atomic mass is 10.1. The quantitative estimate of drug-likeness (QED) is 0.692. The van der Waals surface area contributed by atoms with E-state index in [-0.39, 0.29) is 24.8 Å². The van der Waals surface area contributed by atoms with Crippen LogP contribution in [-0.2, 0) is 0 Å². The molecule has 0 aliphatic carbocycles. The Morgan fingerprint density at radius 2 is 1.00 bits per heavy atom. The van der Waals surface area contributed by atoms with Gasteiger partial charge in [0, 0.05) is 0 Å². The van der Waals surface area contributed by atoms with Gasteiger partial charge in [-0.2, -0.15) is 20.8 Å². The second-order valence-electron chi connectivity index (χ2n) is 3.54. The van der Waals surface area contributed by atoms with Gasteiger partial charge in [0.25, 0.3) is 0 Å². The Morgan fingerprint density at radius 1 is 0.786 bits per heavy atom. The fourth-order valence-corrected chi connectivity index (χ4v) is 0.295. The zero-order chi connectivity index (χ0) is 9.83. The molecular formula is C8H14Cl2N4. The first-order chi connectivity index (χ1) is 5.33. The summed E-state index contributed by atoms with van der Waals surface area (Å²) in [5.74, 6) is 0. The van der Waals surface area contributed by atoms with E-state index in [1.54, 1.807) is 27.7 Å². The Hall–Kier alpha value is -0.840. The molecule has 0 atom stereocenters. The summed E-state index contributed by atoms with van der Waals surface area (Å²) in [5, 5.41) is 24.7. The Labute approximate surface area is 96.8 Å². The summed E-state index contributed by atoms with van der Waals surface area (Å²) in [6, 6.07) is 3.94. The van der Waals surface area contributed by atoms with Crippen molar-refractivity contribution in [2.45, 2.75) is 38.8 Å². The molecule has 0 fully saturated rings. The van der Waals surface area contributed by atoms with Gasteiger partial charge in [-0.25, -0.2) is 0 Å². The molecule has 0 saturated carbocycles. The number of halogens is 2. The Morgan fingerprint density at radius 3 is 1.14 bits per heavy atom. The van der Waals surface area contributed by atoms with Crippen molar-refractivity contribution in [1.29, 1.82) is 10.5 Å². The maximum absolute atomic E-state index is 8.58. The largest absolute Gasteiger partial charge is 0.196 e. The van der Waals surface area contributed by atoms with Crippen molar-refractivity contribution in [1.82, 2.24) is 0 Å². The van der Waals surface area contributed by atoms with Crippen molar-refractivity contribution in [3.05, 3.63) is 0 Å². The van der Waals surface area contributed by atoms with Gasteiger partial charge in [-0.15, -0.1) is 24.8 Å². The van der Waals surface area contributed by atoms with Crippen LogP contribution < -0.4 is 0 Å². The molecule has 0 aliphatic rings. The van der Waals surface area contributed by atoms with Crippen molar-refractivity contribution in [2.75, 3.05) is 0 Å². The maximum Gasteiger partial charge on any atom is 0.162 e. The van der Waals surface area contributed by atoms with Crippen LogP contribution in [0.3, 0.4) is 0 Å². The van der Waals surface area contributed by atoms with Crippen LogP contribution in [0.15, 0.2) is 10.2 Å². The third-order valence-electron chi connectivity index (χ3n) is 1.10. The Balaban J connectivity index is -0.000000605. The van der Waals surface area contributed by atoms with E-state index in [0.29, 0.717) is 0 Å². The van der Waals surface area contributed by atoms with Crippen molar-refractivity contribution >= 4 is 24.8 Å². The molecule has 0 rings (SSSR count). The molecular weight excluding hydrogens is 223 g/mol. The molecule has 0 aromatic heterocycles. The summed E-state index contributed by atoms with van der Waals surface area (Å²) in [4.78, 5) is 0. The van der Waals surface area contributed by atoms with Crippen molar-refractivity contribution in [3.63, 3.8) is 0 Å². The molecule has 0 aromatic carbocycles. The number of rotatable bonds is 2. The molecule has 0 unspecified atom stereocenters. The number of azo groups is 1. The minimum atomic E-state index is -0.839. The van der Waals surface area contributed by atoms with E-state index >= 15 is 0 Å². The SMILES string of the molecule is CC(C)(C#N)N=NC(C)(C)C#N.Cl.Cl. The van der Waals surface area contributed by atoms with E-state index in [0.717, 1.165) is 0 Å². The van der Waals surface area contributed by atoms with Gasteiger partial charge in [0.05, 0.1) is 12.1 Å². The fraction of sp³-hybridized carbons (Fsp3) is 0.750. The summed E-state index contributed by atoms with van der Waals surface area (Å²) < 4.78 is 0. The lowest BCUT2D eigenvalue weighted by Crippen LogP contribution is -2.17. The Bertz CT molecular complexity index is 242. The van der Waals surface area contributed by atoms with Gasteiger partial charge >= 0.3 is 0 Å². The molecule has 0 spiro atoms. The Kier molecular flexibility index (Phi) is 8.87. The van der Waals surface area contributed by atoms with Crippen LogP contribution in [0, 0.1) is 22.7 Å². The molecule has 0 amide bonds. The minimum Gasteiger partial charge on any atom is -0.196 e. The predicted molar refractivity (Wildman–Crippen MR) is 58.7 cm³/mol. The summed E-state index contributed by atoms with van der Waals surface area (Å²) in [5.41, 5.74) is -1.68. The van der Waals surface area contributed by atoms with Crippen LogP contribution in [-0.4, -0.2) is 11.1 Å². The second-order valence-corrected chi connectivity index (χ2v) is 3.54. The van der Waals surface area contributed by atoms with Crippen molar-refractivity contribution in [3.8, 4) is 12.1 Å². The summed E-state index contributed by atoms with van der Waals surface area (Å²) in [6.07, 6.45) is 0. The molecule has 0 heterocycles. The normalized spacial score (nSPS) is 10.7. The van der Waals surface area contributed by atoms with Crippen LogP contribution in [0.5, 0.6) is 0 Å². The van der Waals surface area contributed by atoms with E-state index in [1.807, 2.05) is 12.1 Å². The van der Waals surface area contributed by atoms with Gasteiger partial charge in [0.15, 0.2) is 11.1 Å². The van der Waals surface area contributed by atoms with E-state index in [9.17, 15) is 0 Å². The molecule has 0 aliphatic heterocycles. The average molecular weight is 237 g/mol. The zero-order valence-electron chi connectivity index (χ0n) is 8.61. The number of hydrogen-bond acceptors (Lipinski definition) is 4. The third-order valence-corrected chi connectivity index (χ3v) is 1.10. The lowest BCUT2D eigenvalue weighted by molar-refractivity contribution is 0.541. The zero-order valence-corrected chi connectivity index (χ0v) is 10.2. The number of hydrogen-bond donors (Lipinski definition) is 0. The van der Waals surface area contributed by atoms with Crippen molar-refractivity contribution in [2.24, 2.45) is 10.2 Å². The molecule has 0 N–H and O–H groups in total. The second kappa shape index (κ2) is 6.59. The highest BCUT2D eigenvalue weighted by atomic mass is 35.5. The maximum atomic E-state index is 8.58. The van der Waals surface area contributed by atoms with Crippen LogP contribution in [0.1, 0.15) is 27.7 Å². The van der Waals surface area contributed by atoms with Gasteiger partial charge in [-0.3, -0.25) is 0 Å². The molecule has 0 saturated heterocycles. The van der Waals surface area contributed by atoms with Gasteiger partial charge < -0.3 is 0 Å². The average Bonchev–Trinajstić information content (AvgIpc) is 2.02. The minimum absolute atomic E-state index is 0. The smallest absolute Gasteiger partial charge is 0.162 e. The monoisotopic (exact) mass is 236 g/mol. The van der Waals surface area contributed by atoms with Crippen LogP contribution in [0.2, 0.25) is 0 Å². The topological polar surface area (TPSA) is 72.3 Å². The first-order valence-electron chi connectivity index (χ1n) is 3.59. The highest BCUT2D eigenvalue weighted by molar-refractivity contribution is 5.85. The van der Waals surface area contributed by atoms with Gasteiger partial charge in [0.1, 0.15) is 0 Å².